The molecule has 0 aliphatic carbocycles. The molecule has 0 aliphatic heterocycles. The molecular formula is C15H27N3O. The summed E-state index contributed by atoms with van der Waals surface area (Å²) in [6.07, 6.45) is 1.95. The van der Waals surface area contributed by atoms with E-state index in [9.17, 15) is 4.79 Å². The van der Waals surface area contributed by atoms with E-state index in [1.165, 1.54) is 0 Å². The standard InChI is InChI=1S/C15H27N3O/c1-14(2,3)16-10-12-8-7-9-18(12)11-13(19)17-15(4,5)6/h7-9,16H,10-11H2,1-6H3,(H,17,19). The Kier molecular flexibility index (Phi) is 4.80. The van der Waals surface area contributed by atoms with E-state index >= 15 is 0 Å². The van der Waals surface area contributed by atoms with Gasteiger partial charge in [0.1, 0.15) is 6.54 Å². The normalized spacial score (nSPS) is 12.5. The Hall–Kier alpha value is -1.29. The summed E-state index contributed by atoms with van der Waals surface area (Å²) in [4.78, 5) is 11.9. The van der Waals surface area contributed by atoms with Gasteiger partial charge in [0.15, 0.2) is 0 Å². The van der Waals surface area contributed by atoms with Gasteiger partial charge < -0.3 is 15.2 Å². The lowest BCUT2D eigenvalue weighted by Crippen LogP contribution is -2.42. The third-order valence-corrected chi connectivity index (χ3v) is 2.55. The molecule has 1 aromatic heterocycles. The maximum atomic E-state index is 11.9. The van der Waals surface area contributed by atoms with E-state index < -0.39 is 0 Å². The van der Waals surface area contributed by atoms with Crippen LogP contribution in [0.5, 0.6) is 0 Å². The third kappa shape index (κ3) is 6.43. The number of hydrogen-bond acceptors (Lipinski definition) is 2. The van der Waals surface area contributed by atoms with Gasteiger partial charge in [0.05, 0.1) is 0 Å². The van der Waals surface area contributed by atoms with Crippen LogP contribution in [-0.4, -0.2) is 21.6 Å². The fourth-order valence-electron chi connectivity index (χ4n) is 1.73. The molecule has 4 nitrogen and oxygen atoms in total. The topological polar surface area (TPSA) is 46.1 Å². The lowest BCUT2D eigenvalue weighted by Gasteiger charge is -2.23. The quantitative estimate of drug-likeness (QED) is 0.877. The van der Waals surface area contributed by atoms with Crippen LogP contribution in [0, 0.1) is 0 Å². The van der Waals surface area contributed by atoms with Gasteiger partial charge in [-0.2, -0.15) is 0 Å². The van der Waals surface area contributed by atoms with Crippen molar-refractivity contribution >= 4 is 5.91 Å². The molecule has 0 aromatic carbocycles. The molecule has 0 aliphatic rings. The number of carbonyl (C=O) groups is 1. The first-order valence-corrected chi connectivity index (χ1v) is 6.77. The van der Waals surface area contributed by atoms with E-state index in [1.54, 1.807) is 0 Å². The van der Waals surface area contributed by atoms with Crippen molar-refractivity contribution in [1.82, 2.24) is 15.2 Å². The molecule has 0 saturated carbocycles. The van der Waals surface area contributed by atoms with Gasteiger partial charge in [0.25, 0.3) is 0 Å². The number of amides is 1. The van der Waals surface area contributed by atoms with Crippen LogP contribution >= 0.6 is 0 Å². The SMILES string of the molecule is CC(C)(C)NCc1cccn1CC(=O)NC(C)(C)C. The molecule has 2 N–H and O–H groups in total. The highest BCUT2D eigenvalue weighted by atomic mass is 16.2. The van der Waals surface area contributed by atoms with Crippen LogP contribution in [0.25, 0.3) is 0 Å². The van der Waals surface area contributed by atoms with E-state index in [1.807, 2.05) is 43.7 Å². The molecule has 4 heteroatoms. The zero-order chi connectivity index (χ0) is 14.7. The van der Waals surface area contributed by atoms with Crippen LogP contribution < -0.4 is 10.6 Å². The van der Waals surface area contributed by atoms with Crippen molar-refractivity contribution in [2.75, 3.05) is 0 Å². The number of nitrogens with one attached hydrogen (secondary N) is 2. The second-order valence-electron chi connectivity index (χ2n) is 7.03. The minimum absolute atomic E-state index is 0.0423. The Labute approximate surface area is 116 Å². The van der Waals surface area contributed by atoms with E-state index in [2.05, 4.69) is 31.4 Å². The van der Waals surface area contributed by atoms with E-state index in [-0.39, 0.29) is 17.0 Å². The minimum Gasteiger partial charge on any atom is -0.350 e. The van der Waals surface area contributed by atoms with Crippen LogP contribution in [-0.2, 0) is 17.9 Å². The molecule has 0 fully saturated rings. The molecule has 1 aromatic rings. The summed E-state index contributed by atoms with van der Waals surface area (Å²) in [6.45, 7) is 13.5. The monoisotopic (exact) mass is 265 g/mol. The third-order valence-electron chi connectivity index (χ3n) is 2.55. The van der Waals surface area contributed by atoms with Crippen molar-refractivity contribution in [3.8, 4) is 0 Å². The van der Waals surface area contributed by atoms with Gasteiger partial charge in [-0.25, -0.2) is 0 Å². The lowest BCUT2D eigenvalue weighted by molar-refractivity contribution is -0.123. The molecule has 1 amide bonds. The summed E-state index contributed by atoms with van der Waals surface area (Å²) < 4.78 is 1.99. The highest BCUT2D eigenvalue weighted by Gasteiger charge is 2.15. The zero-order valence-corrected chi connectivity index (χ0v) is 13.0. The summed E-state index contributed by atoms with van der Waals surface area (Å²) in [6, 6.07) is 4.02. The smallest absolute Gasteiger partial charge is 0.240 e. The number of carbonyl (C=O) groups excluding carboxylic acids is 1. The second-order valence-corrected chi connectivity index (χ2v) is 7.03. The van der Waals surface area contributed by atoms with Crippen LogP contribution in [0.15, 0.2) is 18.3 Å². The molecule has 1 heterocycles. The molecule has 0 radical (unpaired) electrons. The van der Waals surface area contributed by atoms with E-state index in [0.29, 0.717) is 6.54 Å². The predicted octanol–water partition coefficient (Wildman–Crippen LogP) is 2.29. The fraction of sp³-hybridized carbons (Fsp3) is 0.667. The Balaban J connectivity index is 2.60. The van der Waals surface area contributed by atoms with Crippen LogP contribution in [0.3, 0.4) is 0 Å². The molecule has 0 unspecified atom stereocenters. The first-order chi connectivity index (χ1) is 8.57. The molecule has 1 rings (SSSR count). The molecule has 0 bridgehead atoms. The largest absolute Gasteiger partial charge is 0.350 e. The van der Waals surface area contributed by atoms with Gasteiger partial charge in [-0.05, 0) is 53.7 Å². The van der Waals surface area contributed by atoms with Crippen molar-refractivity contribution in [2.45, 2.75) is 65.7 Å². The van der Waals surface area contributed by atoms with Gasteiger partial charge in [-0.1, -0.05) is 0 Å². The molecule has 108 valence electrons. The number of rotatable bonds is 4. The average Bonchev–Trinajstić information content (AvgIpc) is 2.57. The maximum absolute atomic E-state index is 11.9. The molecule has 0 spiro atoms. The van der Waals surface area contributed by atoms with E-state index in [0.717, 1.165) is 12.2 Å². The number of aromatic nitrogens is 1. The fourth-order valence-corrected chi connectivity index (χ4v) is 1.73. The van der Waals surface area contributed by atoms with Gasteiger partial charge in [0, 0.05) is 29.5 Å². The molecule has 0 saturated heterocycles. The summed E-state index contributed by atoms with van der Waals surface area (Å²) in [5, 5.41) is 6.41. The Morgan fingerprint density at radius 2 is 1.79 bits per heavy atom. The molecule has 0 atom stereocenters. The molecule has 19 heavy (non-hydrogen) atoms. The second kappa shape index (κ2) is 5.78. The molecular weight excluding hydrogens is 238 g/mol. The Morgan fingerprint density at radius 1 is 1.16 bits per heavy atom. The van der Waals surface area contributed by atoms with Gasteiger partial charge in [-0.3, -0.25) is 4.79 Å². The first kappa shape index (κ1) is 15.8. The van der Waals surface area contributed by atoms with Crippen molar-refractivity contribution in [2.24, 2.45) is 0 Å². The van der Waals surface area contributed by atoms with Crippen LogP contribution in [0.1, 0.15) is 47.2 Å². The van der Waals surface area contributed by atoms with Crippen LogP contribution in [0.2, 0.25) is 0 Å². The maximum Gasteiger partial charge on any atom is 0.240 e. The Bertz CT molecular complexity index is 421. The van der Waals surface area contributed by atoms with Crippen molar-refractivity contribution in [1.29, 1.82) is 0 Å². The minimum atomic E-state index is -0.186. The van der Waals surface area contributed by atoms with Crippen LogP contribution in [0.4, 0.5) is 0 Å². The summed E-state index contributed by atoms with van der Waals surface area (Å²) in [5.41, 5.74) is 1.01. The van der Waals surface area contributed by atoms with Crippen molar-refractivity contribution in [3.05, 3.63) is 24.0 Å². The van der Waals surface area contributed by atoms with Gasteiger partial charge in [0.2, 0.25) is 5.91 Å². The Morgan fingerprint density at radius 3 is 2.32 bits per heavy atom. The van der Waals surface area contributed by atoms with E-state index in [4.69, 9.17) is 0 Å². The predicted molar refractivity (Wildman–Crippen MR) is 78.9 cm³/mol. The highest BCUT2D eigenvalue weighted by Crippen LogP contribution is 2.07. The number of hydrogen-bond donors (Lipinski definition) is 2. The summed E-state index contributed by atoms with van der Waals surface area (Å²) >= 11 is 0. The van der Waals surface area contributed by atoms with Crippen molar-refractivity contribution < 1.29 is 4.79 Å². The highest BCUT2D eigenvalue weighted by molar-refractivity contribution is 5.76. The zero-order valence-electron chi connectivity index (χ0n) is 13.0. The van der Waals surface area contributed by atoms with Gasteiger partial charge in [-0.15, -0.1) is 0 Å². The summed E-state index contributed by atoms with van der Waals surface area (Å²) in [5.74, 6) is 0.0423. The number of nitrogens with zero attached hydrogens (tertiary/aromatic N) is 1. The lowest BCUT2D eigenvalue weighted by atomic mass is 10.1. The van der Waals surface area contributed by atoms with Crippen molar-refractivity contribution in [3.63, 3.8) is 0 Å². The van der Waals surface area contributed by atoms with Gasteiger partial charge >= 0.3 is 0 Å². The average molecular weight is 265 g/mol. The summed E-state index contributed by atoms with van der Waals surface area (Å²) in [7, 11) is 0. The first-order valence-electron chi connectivity index (χ1n) is 6.77.